The molecule has 0 amide bonds. The number of ether oxygens (including phenoxy) is 1. The van der Waals surface area contributed by atoms with Gasteiger partial charge < -0.3 is 15.0 Å². The monoisotopic (exact) mass is 249 g/mol. The summed E-state index contributed by atoms with van der Waals surface area (Å²) in [6, 6.07) is 0.618. The van der Waals surface area contributed by atoms with Crippen LogP contribution in [-0.2, 0) is 11.2 Å². The second-order valence-corrected chi connectivity index (χ2v) is 5.52. The van der Waals surface area contributed by atoms with E-state index in [2.05, 4.69) is 15.3 Å². The normalized spacial score (nSPS) is 26.3. The lowest BCUT2D eigenvalue weighted by molar-refractivity contribution is 0.0845. The second kappa shape index (κ2) is 5.85. The van der Waals surface area contributed by atoms with Crippen LogP contribution in [0.25, 0.3) is 0 Å². The van der Waals surface area contributed by atoms with Crippen LogP contribution in [-0.4, -0.2) is 35.8 Å². The molecule has 3 rings (SSSR count). The Morgan fingerprint density at radius 3 is 2.89 bits per heavy atom. The maximum absolute atomic E-state index is 5.41. The number of aromatic amines is 1. The van der Waals surface area contributed by atoms with Crippen molar-refractivity contribution in [2.24, 2.45) is 0 Å². The third-order valence-electron chi connectivity index (χ3n) is 4.16. The fourth-order valence-electron chi connectivity index (χ4n) is 3.03. The number of H-pyrrole nitrogens is 1. The van der Waals surface area contributed by atoms with Crippen molar-refractivity contribution < 1.29 is 4.74 Å². The van der Waals surface area contributed by atoms with Gasteiger partial charge in [0.1, 0.15) is 5.82 Å². The van der Waals surface area contributed by atoms with Crippen LogP contribution in [0.15, 0.2) is 6.20 Å². The van der Waals surface area contributed by atoms with Crippen molar-refractivity contribution in [1.82, 2.24) is 15.3 Å². The first-order chi connectivity index (χ1) is 8.92. The Morgan fingerprint density at radius 1 is 1.22 bits per heavy atom. The Labute approximate surface area is 109 Å². The molecule has 2 fully saturated rings. The molecule has 0 bridgehead atoms. The van der Waals surface area contributed by atoms with Crippen LogP contribution < -0.4 is 5.32 Å². The SMILES string of the molecule is c1nc(CC2CCCCN2)[nH]c1C1CCOCC1. The summed E-state index contributed by atoms with van der Waals surface area (Å²) in [5.41, 5.74) is 1.31. The minimum absolute atomic E-state index is 0.618. The van der Waals surface area contributed by atoms with E-state index in [0.717, 1.165) is 44.8 Å². The van der Waals surface area contributed by atoms with Gasteiger partial charge in [0.2, 0.25) is 0 Å². The third kappa shape index (κ3) is 2.93. The van der Waals surface area contributed by atoms with E-state index in [1.54, 1.807) is 0 Å². The van der Waals surface area contributed by atoms with Gasteiger partial charge in [0.05, 0.1) is 0 Å². The topological polar surface area (TPSA) is 49.9 Å². The van der Waals surface area contributed by atoms with Gasteiger partial charge in [-0.2, -0.15) is 0 Å². The second-order valence-electron chi connectivity index (χ2n) is 5.52. The zero-order valence-electron chi connectivity index (χ0n) is 11.0. The fraction of sp³-hybridized carbons (Fsp3) is 0.786. The predicted octanol–water partition coefficient (Wildman–Crippen LogP) is 1.99. The number of nitrogens with one attached hydrogen (secondary N) is 2. The van der Waals surface area contributed by atoms with Gasteiger partial charge in [0, 0.05) is 43.5 Å². The molecule has 2 aliphatic heterocycles. The zero-order valence-corrected chi connectivity index (χ0v) is 11.0. The Hall–Kier alpha value is -0.870. The molecular weight excluding hydrogens is 226 g/mol. The standard InChI is InChI=1S/C14H23N3O/c1-2-6-15-12(3-1)9-14-16-10-13(17-14)11-4-7-18-8-5-11/h10-12,15H,1-9H2,(H,16,17). The first kappa shape index (κ1) is 12.2. The van der Waals surface area contributed by atoms with Gasteiger partial charge in [0.25, 0.3) is 0 Å². The lowest BCUT2D eigenvalue weighted by Crippen LogP contribution is -2.35. The molecule has 2 aliphatic rings. The molecule has 1 aromatic heterocycles. The number of imidazole rings is 1. The quantitative estimate of drug-likeness (QED) is 0.861. The van der Waals surface area contributed by atoms with Gasteiger partial charge in [-0.1, -0.05) is 6.42 Å². The first-order valence-electron chi connectivity index (χ1n) is 7.27. The van der Waals surface area contributed by atoms with Crippen molar-refractivity contribution in [3.8, 4) is 0 Å². The fourth-order valence-corrected chi connectivity index (χ4v) is 3.03. The molecule has 0 spiro atoms. The summed E-state index contributed by atoms with van der Waals surface area (Å²) in [4.78, 5) is 8.07. The van der Waals surface area contributed by atoms with Gasteiger partial charge in [-0.3, -0.25) is 0 Å². The number of nitrogens with zero attached hydrogens (tertiary/aromatic N) is 1. The van der Waals surface area contributed by atoms with Gasteiger partial charge >= 0.3 is 0 Å². The molecule has 2 N–H and O–H groups in total. The van der Waals surface area contributed by atoms with Crippen LogP contribution in [0.1, 0.15) is 49.5 Å². The predicted molar refractivity (Wildman–Crippen MR) is 70.7 cm³/mol. The maximum atomic E-state index is 5.41. The summed E-state index contributed by atoms with van der Waals surface area (Å²) in [5.74, 6) is 1.77. The van der Waals surface area contributed by atoms with E-state index < -0.39 is 0 Å². The van der Waals surface area contributed by atoms with Crippen molar-refractivity contribution in [1.29, 1.82) is 0 Å². The molecule has 1 unspecified atom stereocenters. The van der Waals surface area contributed by atoms with E-state index in [4.69, 9.17) is 4.74 Å². The van der Waals surface area contributed by atoms with E-state index in [0.29, 0.717) is 12.0 Å². The summed E-state index contributed by atoms with van der Waals surface area (Å²) >= 11 is 0. The summed E-state index contributed by atoms with van der Waals surface area (Å²) < 4.78 is 5.41. The molecule has 0 aromatic carbocycles. The lowest BCUT2D eigenvalue weighted by atomic mass is 9.97. The zero-order chi connectivity index (χ0) is 12.2. The Kier molecular flexibility index (Phi) is 3.96. The van der Waals surface area contributed by atoms with Gasteiger partial charge in [-0.25, -0.2) is 4.98 Å². The van der Waals surface area contributed by atoms with Crippen molar-refractivity contribution in [3.63, 3.8) is 0 Å². The molecule has 1 atom stereocenters. The molecule has 1 aromatic rings. The van der Waals surface area contributed by atoms with Gasteiger partial charge in [-0.15, -0.1) is 0 Å². The highest BCUT2D eigenvalue weighted by atomic mass is 16.5. The van der Waals surface area contributed by atoms with Crippen molar-refractivity contribution in [3.05, 3.63) is 17.7 Å². The molecule has 0 saturated carbocycles. The molecular formula is C14H23N3O. The first-order valence-corrected chi connectivity index (χ1v) is 7.27. The summed E-state index contributed by atoms with van der Waals surface area (Å²) in [6.45, 7) is 2.95. The average Bonchev–Trinajstić information content (AvgIpc) is 2.89. The maximum Gasteiger partial charge on any atom is 0.107 e. The molecule has 4 heteroatoms. The van der Waals surface area contributed by atoms with Crippen LogP contribution in [0.2, 0.25) is 0 Å². The molecule has 4 nitrogen and oxygen atoms in total. The third-order valence-corrected chi connectivity index (χ3v) is 4.16. The Morgan fingerprint density at radius 2 is 2.11 bits per heavy atom. The van der Waals surface area contributed by atoms with E-state index >= 15 is 0 Å². The van der Waals surface area contributed by atoms with Gasteiger partial charge in [0.15, 0.2) is 0 Å². The summed E-state index contributed by atoms with van der Waals surface area (Å²) in [7, 11) is 0. The number of aromatic nitrogens is 2. The van der Waals surface area contributed by atoms with E-state index in [-0.39, 0.29) is 0 Å². The highest BCUT2D eigenvalue weighted by molar-refractivity contribution is 5.09. The van der Waals surface area contributed by atoms with Crippen LogP contribution in [0.5, 0.6) is 0 Å². The largest absolute Gasteiger partial charge is 0.381 e. The number of piperidine rings is 1. The number of hydrogen-bond donors (Lipinski definition) is 2. The van der Waals surface area contributed by atoms with Crippen LogP contribution in [0.3, 0.4) is 0 Å². The highest BCUT2D eigenvalue weighted by Gasteiger charge is 2.19. The van der Waals surface area contributed by atoms with Crippen LogP contribution in [0.4, 0.5) is 0 Å². The Bertz CT molecular complexity index is 365. The Balaban J connectivity index is 1.58. The highest BCUT2D eigenvalue weighted by Crippen LogP contribution is 2.25. The minimum atomic E-state index is 0.618. The number of rotatable bonds is 3. The lowest BCUT2D eigenvalue weighted by Gasteiger charge is -2.22. The minimum Gasteiger partial charge on any atom is -0.381 e. The van der Waals surface area contributed by atoms with Crippen LogP contribution >= 0.6 is 0 Å². The van der Waals surface area contributed by atoms with Crippen molar-refractivity contribution >= 4 is 0 Å². The van der Waals surface area contributed by atoms with Crippen molar-refractivity contribution in [2.45, 2.75) is 50.5 Å². The molecule has 3 heterocycles. The van der Waals surface area contributed by atoms with E-state index in [1.807, 2.05) is 6.20 Å². The molecule has 0 aliphatic carbocycles. The van der Waals surface area contributed by atoms with E-state index in [9.17, 15) is 0 Å². The van der Waals surface area contributed by atoms with Crippen LogP contribution in [0, 0.1) is 0 Å². The summed E-state index contributed by atoms with van der Waals surface area (Å²) in [6.07, 6.45) is 9.30. The van der Waals surface area contributed by atoms with Gasteiger partial charge in [-0.05, 0) is 32.2 Å². The molecule has 18 heavy (non-hydrogen) atoms. The molecule has 0 radical (unpaired) electrons. The molecule has 2 saturated heterocycles. The van der Waals surface area contributed by atoms with Crippen molar-refractivity contribution in [2.75, 3.05) is 19.8 Å². The summed E-state index contributed by atoms with van der Waals surface area (Å²) in [5, 5.41) is 3.58. The number of hydrogen-bond acceptors (Lipinski definition) is 3. The molecule has 100 valence electrons. The average molecular weight is 249 g/mol. The van der Waals surface area contributed by atoms with E-state index in [1.165, 1.54) is 25.0 Å². The smallest absolute Gasteiger partial charge is 0.107 e.